The number of likely N-dealkylation sites (tertiary alicyclic amines) is 1. The molecule has 2 fully saturated rings. The van der Waals surface area contributed by atoms with Crippen LogP contribution in [0.2, 0.25) is 10.0 Å². The van der Waals surface area contributed by atoms with E-state index in [1.807, 2.05) is 34.1 Å². The molecule has 7 heteroatoms. The van der Waals surface area contributed by atoms with Crippen molar-refractivity contribution in [3.05, 3.63) is 69.7 Å². The lowest BCUT2D eigenvalue weighted by Crippen LogP contribution is -2.52. The van der Waals surface area contributed by atoms with Crippen molar-refractivity contribution in [2.75, 3.05) is 39.3 Å². The van der Waals surface area contributed by atoms with Crippen molar-refractivity contribution >= 4 is 35.0 Å². The Morgan fingerprint density at radius 2 is 1.22 bits per heavy atom. The summed E-state index contributed by atoms with van der Waals surface area (Å²) in [5, 5.41) is 1.43. The predicted molar refractivity (Wildman–Crippen MR) is 128 cm³/mol. The summed E-state index contributed by atoms with van der Waals surface area (Å²) in [7, 11) is 0. The molecule has 0 spiro atoms. The molecule has 2 aromatic carbocycles. The third-order valence-electron chi connectivity index (χ3n) is 6.65. The lowest BCUT2D eigenvalue weighted by molar-refractivity contribution is -0.141. The van der Waals surface area contributed by atoms with Gasteiger partial charge >= 0.3 is 0 Å². The first-order chi connectivity index (χ1) is 15.4. The normalized spacial score (nSPS) is 18.2. The van der Waals surface area contributed by atoms with E-state index in [9.17, 15) is 9.59 Å². The Labute approximate surface area is 199 Å². The monoisotopic (exact) mass is 473 g/mol. The van der Waals surface area contributed by atoms with Crippen molar-refractivity contribution in [2.45, 2.75) is 25.8 Å². The van der Waals surface area contributed by atoms with Gasteiger partial charge in [0.15, 0.2) is 0 Å². The number of carbonyl (C=O) groups is 2. The molecule has 170 valence electrons. The fourth-order valence-corrected chi connectivity index (χ4v) is 5.06. The minimum atomic E-state index is 0.0282. The van der Waals surface area contributed by atoms with Crippen LogP contribution >= 0.6 is 23.2 Å². The fourth-order valence-electron chi connectivity index (χ4n) is 4.80. The molecule has 4 rings (SSSR count). The Hall–Kier alpha value is -2.08. The Morgan fingerprint density at radius 1 is 0.750 bits per heavy atom. The van der Waals surface area contributed by atoms with Gasteiger partial charge in [-0.2, -0.15) is 0 Å². The smallest absolute Gasteiger partial charge is 0.225 e. The van der Waals surface area contributed by atoms with Gasteiger partial charge in [-0.15, -0.1) is 0 Å². The molecule has 2 saturated heterocycles. The zero-order valence-corrected chi connectivity index (χ0v) is 19.9. The van der Waals surface area contributed by atoms with E-state index in [1.165, 1.54) is 11.1 Å². The number of amides is 2. The number of rotatable bonds is 4. The minimum absolute atomic E-state index is 0.0282. The first-order valence-corrected chi connectivity index (χ1v) is 12.0. The summed E-state index contributed by atoms with van der Waals surface area (Å²) in [6.07, 6.45) is 1.52. The molecule has 0 atom stereocenters. The number of piperazine rings is 1. The van der Waals surface area contributed by atoms with Crippen LogP contribution in [0.5, 0.6) is 0 Å². The third-order valence-corrected chi connectivity index (χ3v) is 7.16. The molecule has 0 bridgehead atoms. The molecule has 2 heterocycles. The van der Waals surface area contributed by atoms with E-state index < -0.39 is 0 Å². The standard InChI is InChI=1S/C25H29Cl2N3O2/c1-18(31)28-12-10-21(11-13-28)25(32)30-16-14-29(15-17-30)24(19-2-6-22(26)7-3-19)20-4-8-23(27)9-5-20/h2-9,21,24H,10-17H2,1H3. The summed E-state index contributed by atoms with van der Waals surface area (Å²) >= 11 is 12.3. The van der Waals surface area contributed by atoms with Crippen LogP contribution in [0.4, 0.5) is 0 Å². The highest BCUT2D eigenvalue weighted by atomic mass is 35.5. The average Bonchev–Trinajstić information content (AvgIpc) is 2.82. The van der Waals surface area contributed by atoms with Crippen LogP contribution in [0.15, 0.2) is 48.5 Å². The second-order valence-electron chi connectivity index (χ2n) is 8.65. The number of nitrogens with zero attached hydrogens (tertiary/aromatic N) is 3. The lowest BCUT2D eigenvalue weighted by atomic mass is 9.94. The second kappa shape index (κ2) is 10.2. The maximum Gasteiger partial charge on any atom is 0.225 e. The Bertz CT molecular complexity index is 887. The molecular formula is C25H29Cl2N3O2. The number of hydrogen-bond donors (Lipinski definition) is 0. The average molecular weight is 474 g/mol. The van der Waals surface area contributed by atoms with Gasteiger partial charge in [-0.05, 0) is 48.2 Å². The number of benzene rings is 2. The largest absolute Gasteiger partial charge is 0.343 e. The van der Waals surface area contributed by atoms with Crippen LogP contribution in [-0.2, 0) is 9.59 Å². The zero-order valence-electron chi connectivity index (χ0n) is 18.3. The van der Waals surface area contributed by atoms with Crippen LogP contribution < -0.4 is 0 Å². The SMILES string of the molecule is CC(=O)N1CCC(C(=O)N2CCN(C(c3ccc(Cl)cc3)c3ccc(Cl)cc3)CC2)CC1. The Morgan fingerprint density at radius 3 is 1.66 bits per heavy atom. The van der Waals surface area contributed by atoms with Crippen molar-refractivity contribution < 1.29 is 9.59 Å². The summed E-state index contributed by atoms with van der Waals surface area (Å²) in [6.45, 7) is 5.98. The Balaban J connectivity index is 1.43. The maximum absolute atomic E-state index is 13.1. The number of halogens is 2. The van der Waals surface area contributed by atoms with Crippen LogP contribution in [-0.4, -0.2) is 65.8 Å². The van der Waals surface area contributed by atoms with Gasteiger partial charge in [0.25, 0.3) is 0 Å². The second-order valence-corrected chi connectivity index (χ2v) is 9.52. The van der Waals surface area contributed by atoms with E-state index in [-0.39, 0.29) is 23.8 Å². The van der Waals surface area contributed by atoms with Crippen molar-refractivity contribution in [1.29, 1.82) is 0 Å². The van der Waals surface area contributed by atoms with Crippen LogP contribution in [0, 0.1) is 5.92 Å². The fraction of sp³-hybridized carbons (Fsp3) is 0.440. The van der Waals surface area contributed by atoms with E-state index >= 15 is 0 Å². The summed E-state index contributed by atoms with van der Waals surface area (Å²) in [6, 6.07) is 16.1. The van der Waals surface area contributed by atoms with Gasteiger partial charge in [0, 0.05) is 62.2 Å². The van der Waals surface area contributed by atoms with E-state index in [4.69, 9.17) is 23.2 Å². The number of carbonyl (C=O) groups excluding carboxylic acids is 2. The summed E-state index contributed by atoms with van der Waals surface area (Å²) in [5.41, 5.74) is 2.35. The Kier molecular flexibility index (Phi) is 7.39. The first-order valence-electron chi connectivity index (χ1n) is 11.2. The van der Waals surface area contributed by atoms with E-state index in [1.54, 1.807) is 6.92 Å². The zero-order chi connectivity index (χ0) is 22.7. The molecule has 32 heavy (non-hydrogen) atoms. The van der Waals surface area contributed by atoms with Gasteiger partial charge in [-0.25, -0.2) is 0 Å². The third kappa shape index (κ3) is 5.28. The van der Waals surface area contributed by atoms with E-state index in [0.717, 1.165) is 36.0 Å². The van der Waals surface area contributed by atoms with Crippen molar-refractivity contribution in [3.8, 4) is 0 Å². The molecular weight excluding hydrogens is 445 g/mol. The molecule has 2 aliphatic heterocycles. The molecule has 5 nitrogen and oxygen atoms in total. The maximum atomic E-state index is 13.1. The van der Waals surface area contributed by atoms with Gasteiger partial charge in [0.1, 0.15) is 0 Å². The van der Waals surface area contributed by atoms with E-state index in [2.05, 4.69) is 29.2 Å². The molecule has 2 amide bonds. The van der Waals surface area contributed by atoms with Gasteiger partial charge in [-0.3, -0.25) is 14.5 Å². The van der Waals surface area contributed by atoms with E-state index in [0.29, 0.717) is 26.2 Å². The van der Waals surface area contributed by atoms with Gasteiger partial charge in [0.05, 0.1) is 6.04 Å². The predicted octanol–water partition coefficient (Wildman–Crippen LogP) is 4.49. The van der Waals surface area contributed by atoms with Crippen LogP contribution in [0.3, 0.4) is 0 Å². The molecule has 0 radical (unpaired) electrons. The van der Waals surface area contributed by atoms with Crippen molar-refractivity contribution in [3.63, 3.8) is 0 Å². The number of piperidine rings is 1. The van der Waals surface area contributed by atoms with Crippen LogP contribution in [0.1, 0.15) is 36.9 Å². The molecule has 0 saturated carbocycles. The highest BCUT2D eigenvalue weighted by Crippen LogP contribution is 2.32. The molecule has 0 N–H and O–H groups in total. The van der Waals surface area contributed by atoms with Gasteiger partial charge in [-0.1, -0.05) is 47.5 Å². The van der Waals surface area contributed by atoms with Crippen molar-refractivity contribution in [2.24, 2.45) is 5.92 Å². The quantitative estimate of drug-likeness (QED) is 0.656. The lowest BCUT2D eigenvalue weighted by Gasteiger charge is -2.41. The molecule has 0 unspecified atom stereocenters. The molecule has 0 aliphatic carbocycles. The van der Waals surface area contributed by atoms with Crippen LogP contribution in [0.25, 0.3) is 0 Å². The summed E-state index contributed by atoms with van der Waals surface area (Å²) in [5.74, 6) is 0.364. The topological polar surface area (TPSA) is 43.9 Å². The first kappa shape index (κ1) is 23.1. The highest BCUT2D eigenvalue weighted by molar-refractivity contribution is 6.30. The minimum Gasteiger partial charge on any atom is -0.343 e. The highest BCUT2D eigenvalue weighted by Gasteiger charge is 2.33. The summed E-state index contributed by atoms with van der Waals surface area (Å²) in [4.78, 5) is 30.9. The summed E-state index contributed by atoms with van der Waals surface area (Å²) < 4.78 is 0. The number of hydrogen-bond acceptors (Lipinski definition) is 3. The van der Waals surface area contributed by atoms with Gasteiger partial charge < -0.3 is 9.80 Å². The molecule has 0 aromatic heterocycles. The van der Waals surface area contributed by atoms with Crippen molar-refractivity contribution in [1.82, 2.24) is 14.7 Å². The molecule has 2 aromatic rings. The van der Waals surface area contributed by atoms with Gasteiger partial charge in [0.2, 0.25) is 11.8 Å². The molecule has 2 aliphatic rings.